The zero-order valence-electron chi connectivity index (χ0n) is 38.1. The van der Waals surface area contributed by atoms with Crippen LogP contribution in [0.2, 0.25) is 0 Å². The molecule has 70 heavy (non-hydrogen) atoms. The van der Waals surface area contributed by atoms with Gasteiger partial charge in [-0.05, 0) is 127 Å². The number of benzene rings is 11. The minimum atomic E-state index is -0.462. The van der Waals surface area contributed by atoms with Crippen molar-refractivity contribution in [3.05, 3.63) is 283 Å². The lowest BCUT2D eigenvalue weighted by molar-refractivity contribution is 0.768. The van der Waals surface area contributed by atoms with Crippen molar-refractivity contribution < 1.29 is 0 Å². The molecule has 0 bridgehead atoms. The molecule has 1 aliphatic rings. The van der Waals surface area contributed by atoms with Crippen LogP contribution in [-0.2, 0) is 5.41 Å². The number of fused-ring (bicyclic) bond motifs is 9. The summed E-state index contributed by atoms with van der Waals surface area (Å²) in [5, 5.41) is 5.28. The number of hydrogen-bond donors (Lipinski definition) is 0. The third-order valence-corrected chi connectivity index (χ3v) is 17.0. The summed E-state index contributed by atoms with van der Waals surface area (Å²) in [5.74, 6) is 0. The van der Waals surface area contributed by atoms with E-state index >= 15 is 0 Å². The summed E-state index contributed by atoms with van der Waals surface area (Å²) in [4.78, 5) is 2.42. The Hall–Kier alpha value is -8.34. The number of thiophene rings is 2. The highest BCUT2D eigenvalue weighted by Gasteiger charge is 2.46. The Morgan fingerprint density at radius 3 is 1.43 bits per heavy atom. The summed E-state index contributed by atoms with van der Waals surface area (Å²) in [6.45, 7) is 0. The van der Waals surface area contributed by atoms with E-state index in [0.29, 0.717) is 0 Å². The molecule has 11 aromatic carbocycles. The lowest BCUT2D eigenvalue weighted by atomic mass is 9.68. The van der Waals surface area contributed by atoms with Crippen molar-refractivity contribution in [3.8, 4) is 44.5 Å². The van der Waals surface area contributed by atoms with Gasteiger partial charge in [0.15, 0.2) is 0 Å². The molecule has 0 aliphatic heterocycles. The number of nitrogens with zero attached hydrogens (tertiary/aromatic N) is 1. The van der Waals surface area contributed by atoms with Gasteiger partial charge in [-0.1, -0.05) is 200 Å². The predicted octanol–water partition coefficient (Wildman–Crippen LogP) is 19.3. The first-order chi connectivity index (χ1) is 34.7. The van der Waals surface area contributed by atoms with Crippen molar-refractivity contribution >= 4 is 80.1 Å². The van der Waals surface area contributed by atoms with Crippen LogP contribution in [0, 0.1) is 0 Å². The fraction of sp³-hybridized carbons (Fsp3) is 0.0149. The summed E-state index contributed by atoms with van der Waals surface area (Å²) >= 11 is 3.74. The highest BCUT2D eigenvalue weighted by atomic mass is 32.1. The van der Waals surface area contributed by atoms with Gasteiger partial charge in [0.2, 0.25) is 0 Å². The normalized spacial score (nSPS) is 12.7. The summed E-state index contributed by atoms with van der Waals surface area (Å²) in [6, 6.07) is 96.7. The maximum absolute atomic E-state index is 2.43. The van der Waals surface area contributed by atoms with Crippen LogP contribution in [0.3, 0.4) is 0 Å². The fourth-order valence-corrected chi connectivity index (χ4v) is 13.7. The highest BCUT2D eigenvalue weighted by Crippen LogP contribution is 2.57. The van der Waals surface area contributed by atoms with Gasteiger partial charge >= 0.3 is 0 Å². The van der Waals surface area contributed by atoms with Crippen molar-refractivity contribution in [3.63, 3.8) is 0 Å². The smallest absolute Gasteiger partial charge is 0.0713 e. The van der Waals surface area contributed by atoms with Crippen molar-refractivity contribution in [2.75, 3.05) is 4.90 Å². The molecule has 13 aromatic rings. The lowest BCUT2D eigenvalue weighted by Gasteiger charge is -2.34. The third-order valence-electron chi connectivity index (χ3n) is 14.6. The van der Waals surface area contributed by atoms with Gasteiger partial charge in [0, 0.05) is 57.4 Å². The molecular weight excluding hydrogens is 883 g/mol. The van der Waals surface area contributed by atoms with Gasteiger partial charge in [0.05, 0.1) is 5.41 Å². The van der Waals surface area contributed by atoms with Crippen LogP contribution in [0.15, 0.2) is 261 Å². The van der Waals surface area contributed by atoms with Crippen LogP contribution < -0.4 is 4.90 Å². The number of rotatable bonds is 8. The molecule has 0 fully saturated rings. The molecule has 0 N–H and O–H groups in total. The molecule has 0 saturated carbocycles. The van der Waals surface area contributed by atoms with E-state index < -0.39 is 5.41 Å². The average molecular weight is 926 g/mol. The van der Waals surface area contributed by atoms with E-state index in [1.54, 1.807) is 0 Å². The number of anilines is 3. The van der Waals surface area contributed by atoms with E-state index in [4.69, 9.17) is 0 Å². The molecule has 0 atom stereocenters. The van der Waals surface area contributed by atoms with Crippen LogP contribution in [0.25, 0.3) is 84.9 Å². The Morgan fingerprint density at radius 1 is 0.271 bits per heavy atom. The minimum Gasteiger partial charge on any atom is -0.310 e. The Balaban J connectivity index is 0.875. The van der Waals surface area contributed by atoms with Crippen LogP contribution in [0.1, 0.15) is 22.3 Å². The van der Waals surface area contributed by atoms with Crippen LogP contribution in [0.5, 0.6) is 0 Å². The SMILES string of the molecule is c1ccc(C2(c3ccccc3)c3ccccc3-c3cc(N(c4ccc(-c5ccc(-c6cccc7c6sc6ccccc67)cc5)cc4)c4ccc(-c5ccc6sc7ccccc7c6c5)cc4)ccc32)cc1. The van der Waals surface area contributed by atoms with E-state index in [2.05, 4.69) is 266 Å². The minimum absolute atomic E-state index is 0.462. The zero-order valence-corrected chi connectivity index (χ0v) is 39.7. The molecule has 1 nitrogen and oxygen atoms in total. The van der Waals surface area contributed by atoms with Gasteiger partial charge in [0.25, 0.3) is 0 Å². The van der Waals surface area contributed by atoms with Crippen LogP contribution >= 0.6 is 22.7 Å². The second-order valence-corrected chi connectivity index (χ2v) is 20.5. The Bertz CT molecular complexity index is 4050. The second kappa shape index (κ2) is 16.4. The molecule has 1 aliphatic carbocycles. The first kappa shape index (κ1) is 40.7. The monoisotopic (exact) mass is 925 g/mol. The first-order valence-corrected chi connectivity index (χ1v) is 25.6. The predicted molar refractivity (Wildman–Crippen MR) is 301 cm³/mol. The van der Waals surface area contributed by atoms with E-state index in [1.807, 2.05) is 22.7 Å². The van der Waals surface area contributed by atoms with Gasteiger partial charge in [-0.3, -0.25) is 0 Å². The Morgan fingerprint density at radius 2 is 0.743 bits per heavy atom. The molecule has 0 amide bonds. The lowest BCUT2D eigenvalue weighted by Crippen LogP contribution is -2.28. The van der Waals surface area contributed by atoms with E-state index in [-0.39, 0.29) is 0 Å². The molecule has 0 spiro atoms. The van der Waals surface area contributed by atoms with Crippen molar-refractivity contribution in [1.29, 1.82) is 0 Å². The Labute approximate surface area is 415 Å². The molecule has 14 rings (SSSR count). The van der Waals surface area contributed by atoms with Gasteiger partial charge in [0.1, 0.15) is 0 Å². The average Bonchev–Trinajstić information content (AvgIpc) is 4.10. The second-order valence-electron chi connectivity index (χ2n) is 18.4. The summed E-state index contributed by atoms with van der Waals surface area (Å²) in [6.07, 6.45) is 0. The van der Waals surface area contributed by atoms with Crippen molar-refractivity contribution in [2.45, 2.75) is 5.41 Å². The van der Waals surface area contributed by atoms with Crippen molar-refractivity contribution in [2.24, 2.45) is 0 Å². The fourth-order valence-electron chi connectivity index (χ4n) is 11.4. The molecule has 328 valence electrons. The largest absolute Gasteiger partial charge is 0.310 e. The summed E-state index contributed by atoms with van der Waals surface area (Å²) in [7, 11) is 0. The van der Waals surface area contributed by atoms with E-state index in [1.165, 1.54) is 107 Å². The van der Waals surface area contributed by atoms with Crippen LogP contribution in [0.4, 0.5) is 17.1 Å². The molecule has 0 saturated heterocycles. The highest BCUT2D eigenvalue weighted by molar-refractivity contribution is 7.26. The Kier molecular flexibility index (Phi) is 9.55. The van der Waals surface area contributed by atoms with Gasteiger partial charge < -0.3 is 4.90 Å². The molecule has 0 unspecified atom stereocenters. The van der Waals surface area contributed by atoms with Crippen molar-refractivity contribution in [1.82, 2.24) is 0 Å². The molecule has 0 radical (unpaired) electrons. The van der Waals surface area contributed by atoms with Crippen LogP contribution in [-0.4, -0.2) is 0 Å². The summed E-state index contributed by atoms with van der Waals surface area (Å²) < 4.78 is 5.31. The van der Waals surface area contributed by atoms with Gasteiger partial charge in [-0.2, -0.15) is 0 Å². The standard InChI is InChI=1S/C67H43NS2/c1-3-14-49(15-4-1)67(50-16-5-2-6-17-50)61-23-10-7-18-55(61)59-43-53(39-40-62(59)67)68(52-37-32-46(33-38-52)48-34-41-65-60(42-48)57-20-9-11-24-63(57)69-65)51-35-30-45(31-36-51)44-26-28-47(29-27-44)54-21-13-22-58-56-19-8-12-25-64(56)70-66(54)58/h1-43H. The molecular formula is C67H43NS2. The topological polar surface area (TPSA) is 3.24 Å². The third kappa shape index (κ3) is 6.43. The first-order valence-electron chi connectivity index (χ1n) is 24.0. The van der Waals surface area contributed by atoms with Gasteiger partial charge in [-0.15, -0.1) is 22.7 Å². The maximum atomic E-state index is 2.43. The molecule has 3 heteroatoms. The van der Waals surface area contributed by atoms with Gasteiger partial charge in [-0.25, -0.2) is 0 Å². The molecule has 2 aromatic heterocycles. The molecule has 2 heterocycles. The summed E-state index contributed by atoms with van der Waals surface area (Å²) in [5.41, 5.74) is 17.8. The quantitative estimate of drug-likeness (QED) is 0.147. The van der Waals surface area contributed by atoms with E-state index in [0.717, 1.165) is 17.1 Å². The maximum Gasteiger partial charge on any atom is 0.0713 e. The number of hydrogen-bond acceptors (Lipinski definition) is 3. The van der Waals surface area contributed by atoms with E-state index in [9.17, 15) is 0 Å². The zero-order chi connectivity index (χ0) is 46.2.